The van der Waals surface area contributed by atoms with Crippen molar-refractivity contribution in [3.8, 4) is 0 Å². The molecule has 7 heteroatoms. The van der Waals surface area contributed by atoms with E-state index in [1.54, 1.807) is 7.11 Å². The third kappa shape index (κ3) is 3.94. The Morgan fingerprint density at radius 3 is 3.06 bits per heavy atom. The number of carbonyl (C=O) groups excluding carboxylic acids is 1. The monoisotopic (exact) mass is 256 g/mol. The number of rotatable bonds is 6. The number of anilines is 1. The Balaban J connectivity index is 1.69. The van der Waals surface area contributed by atoms with Gasteiger partial charge in [0.15, 0.2) is 0 Å². The molecular formula is C10H16N4O2S. The van der Waals surface area contributed by atoms with Crippen LogP contribution in [-0.2, 0) is 4.74 Å². The van der Waals surface area contributed by atoms with Crippen LogP contribution in [-0.4, -0.2) is 36.5 Å². The molecule has 94 valence electrons. The third-order valence-electron chi connectivity index (χ3n) is 2.40. The Morgan fingerprint density at radius 1 is 1.53 bits per heavy atom. The topological polar surface area (TPSA) is 76.1 Å². The van der Waals surface area contributed by atoms with Crippen LogP contribution in [0, 0.1) is 0 Å². The largest absolute Gasteiger partial charge is 0.385 e. The SMILES string of the molecule is COCCCNC(=O)Nc1nnc(C2CC2)s1. The van der Waals surface area contributed by atoms with Gasteiger partial charge in [-0.25, -0.2) is 4.79 Å². The van der Waals surface area contributed by atoms with Crippen molar-refractivity contribution in [2.75, 3.05) is 25.6 Å². The Morgan fingerprint density at radius 2 is 2.35 bits per heavy atom. The summed E-state index contributed by atoms with van der Waals surface area (Å²) in [6.45, 7) is 1.23. The number of hydrogen-bond acceptors (Lipinski definition) is 5. The Labute approximate surface area is 104 Å². The predicted octanol–water partition coefficient (Wildman–Crippen LogP) is 1.57. The quantitative estimate of drug-likeness (QED) is 0.757. The molecule has 0 aliphatic heterocycles. The Kier molecular flexibility index (Phi) is 4.27. The molecule has 1 aliphatic carbocycles. The first-order chi connectivity index (χ1) is 8.29. The second-order valence-corrected chi connectivity index (χ2v) is 4.96. The van der Waals surface area contributed by atoms with Gasteiger partial charge in [0.1, 0.15) is 5.01 Å². The van der Waals surface area contributed by atoms with Gasteiger partial charge in [0, 0.05) is 26.2 Å². The van der Waals surface area contributed by atoms with E-state index in [1.807, 2.05) is 0 Å². The van der Waals surface area contributed by atoms with E-state index >= 15 is 0 Å². The molecule has 0 radical (unpaired) electrons. The molecule has 1 aromatic rings. The van der Waals surface area contributed by atoms with Crippen LogP contribution >= 0.6 is 11.3 Å². The first-order valence-electron chi connectivity index (χ1n) is 5.67. The number of methoxy groups -OCH3 is 1. The van der Waals surface area contributed by atoms with Gasteiger partial charge in [-0.1, -0.05) is 11.3 Å². The first kappa shape index (κ1) is 12.3. The highest BCUT2D eigenvalue weighted by Crippen LogP contribution is 2.41. The van der Waals surface area contributed by atoms with Gasteiger partial charge in [0.2, 0.25) is 5.13 Å². The molecule has 1 heterocycles. The van der Waals surface area contributed by atoms with Crippen LogP contribution in [0.1, 0.15) is 30.2 Å². The fraction of sp³-hybridized carbons (Fsp3) is 0.700. The van der Waals surface area contributed by atoms with Crippen molar-refractivity contribution in [1.29, 1.82) is 0 Å². The summed E-state index contributed by atoms with van der Waals surface area (Å²) in [4.78, 5) is 11.4. The average Bonchev–Trinajstić information content (AvgIpc) is 3.07. The lowest BCUT2D eigenvalue weighted by atomic mass is 10.4. The number of ether oxygens (including phenoxy) is 1. The number of nitrogens with one attached hydrogen (secondary N) is 2. The molecule has 0 unspecified atom stereocenters. The number of urea groups is 1. The van der Waals surface area contributed by atoms with E-state index in [1.165, 1.54) is 24.2 Å². The van der Waals surface area contributed by atoms with Gasteiger partial charge in [-0.15, -0.1) is 10.2 Å². The first-order valence-corrected chi connectivity index (χ1v) is 6.48. The second-order valence-electron chi connectivity index (χ2n) is 3.95. The fourth-order valence-electron chi connectivity index (χ4n) is 1.34. The zero-order valence-corrected chi connectivity index (χ0v) is 10.5. The summed E-state index contributed by atoms with van der Waals surface area (Å²) < 4.78 is 4.89. The second kappa shape index (κ2) is 5.92. The maximum atomic E-state index is 11.4. The van der Waals surface area contributed by atoms with E-state index in [-0.39, 0.29) is 6.03 Å². The number of nitrogens with zero attached hydrogens (tertiary/aromatic N) is 2. The summed E-state index contributed by atoms with van der Waals surface area (Å²) in [5.74, 6) is 0.577. The Bertz CT molecular complexity index is 378. The van der Waals surface area contributed by atoms with Crippen molar-refractivity contribution in [1.82, 2.24) is 15.5 Å². The van der Waals surface area contributed by atoms with E-state index in [0.717, 1.165) is 11.4 Å². The standard InChI is InChI=1S/C10H16N4O2S/c1-16-6-2-5-11-9(15)12-10-14-13-8(17-10)7-3-4-7/h7H,2-6H2,1H3,(H2,11,12,14,15). The van der Waals surface area contributed by atoms with E-state index < -0.39 is 0 Å². The fourth-order valence-corrected chi connectivity index (χ4v) is 2.25. The molecule has 1 fully saturated rings. The summed E-state index contributed by atoms with van der Waals surface area (Å²) >= 11 is 1.46. The van der Waals surface area contributed by atoms with Gasteiger partial charge in [-0.05, 0) is 19.3 Å². The predicted molar refractivity (Wildman–Crippen MR) is 65.4 cm³/mol. The zero-order valence-electron chi connectivity index (χ0n) is 9.73. The highest BCUT2D eigenvalue weighted by molar-refractivity contribution is 7.15. The average molecular weight is 256 g/mol. The lowest BCUT2D eigenvalue weighted by Gasteiger charge is -2.03. The van der Waals surface area contributed by atoms with Crippen LogP contribution < -0.4 is 10.6 Å². The van der Waals surface area contributed by atoms with Crippen molar-refractivity contribution in [2.24, 2.45) is 0 Å². The van der Waals surface area contributed by atoms with E-state index in [0.29, 0.717) is 24.2 Å². The number of amides is 2. The lowest BCUT2D eigenvalue weighted by Crippen LogP contribution is -2.29. The van der Waals surface area contributed by atoms with Gasteiger partial charge in [0.25, 0.3) is 0 Å². The van der Waals surface area contributed by atoms with Gasteiger partial charge in [-0.2, -0.15) is 0 Å². The minimum Gasteiger partial charge on any atom is -0.385 e. The minimum absolute atomic E-state index is 0.236. The van der Waals surface area contributed by atoms with Gasteiger partial charge in [-0.3, -0.25) is 5.32 Å². The normalized spacial score (nSPS) is 14.6. The van der Waals surface area contributed by atoms with Crippen LogP contribution in [0.5, 0.6) is 0 Å². The summed E-state index contributed by atoms with van der Waals surface area (Å²) in [7, 11) is 1.64. The summed E-state index contributed by atoms with van der Waals surface area (Å²) in [6, 6.07) is -0.236. The van der Waals surface area contributed by atoms with Gasteiger partial charge >= 0.3 is 6.03 Å². The van der Waals surface area contributed by atoms with Crippen molar-refractivity contribution >= 4 is 22.5 Å². The van der Waals surface area contributed by atoms with Crippen LogP contribution in [0.25, 0.3) is 0 Å². The molecule has 1 aromatic heterocycles. The summed E-state index contributed by atoms with van der Waals surface area (Å²) in [6.07, 6.45) is 3.18. The van der Waals surface area contributed by atoms with Gasteiger partial charge < -0.3 is 10.1 Å². The van der Waals surface area contributed by atoms with Crippen LogP contribution in [0.2, 0.25) is 0 Å². The summed E-state index contributed by atoms with van der Waals surface area (Å²) in [5.41, 5.74) is 0. The number of hydrogen-bond donors (Lipinski definition) is 2. The van der Waals surface area contributed by atoms with Crippen LogP contribution in [0.4, 0.5) is 9.93 Å². The molecule has 1 aliphatic rings. The van der Waals surface area contributed by atoms with E-state index in [9.17, 15) is 4.79 Å². The van der Waals surface area contributed by atoms with Crippen LogP contribution in [0.15, 0.2) is 0 Å². The smallest absolute Gasteiger partial charge is 0.321 e. The van der Waals surface area contributed by atoms with Crippen molar-refractivity contribution in [3.63, 3.8) is 0 Å². The molecule has 2 rings (SSSR count). The minimum atomic E-state index is -0.236. The van der Waals surface area contributed by atoms with Crippen molar-refractivity contribution in [2.45, 2.75) is 25.2 Å². The Hall–Kier alpha value is -1.21. The van der Waals surface area contributed by atoms with E-state index in [4.69, 9.17) is 4.74 Å². The molecule has 17 heavy (non-hydrogen) atoms. The third-order valence-corrected chi connectivity index (χ3v) is 3.40. The lowest BCUT2D eigenvalue weighted by molar-refractivity contribution is 0.194. The molecule has 0 atom stereocenters. The summed E-state index contributed by atoms with van der Waals surface area (Å²) in [5, 5.41) is 15.0. The maximum Gasteiger partial charge on any atom is 0.321 e. The molecule has 0 saturated heterocycles. The number of aromatic nitrogens is 2. The van der Waals surface area contributed by atoms with E-state index in [2.05, 4.69) is 20.8 Å². The molecule has 0 spiro atoms. The zero-order chi connectivity index (χ0) is 12.1. The molecule has 0 bridgehead atoms. The molecule has 2 amide bonds. The molecule has 2 N–H and O–H groups in total. The highest BCUT2D eigenvalue weighted by atomic mass is 32.1. The molecule has 6 nitrogen and oxygen atoms in total. The van der Waals surface area contributed by atoms with Crippen LogP contribution in [0.3, 0.4) is 0 Å². The highest BCUT2D eigenvalue weighted by Gasteiger charge is 2.27. The van der Waals surface area contributed by atoms with Gasteiger partial charge in [0.05, 0.1) is 0 Å². The number of carbonyl (C=O) groups is 1. The molecule has 0 aromatic carbocycles. The molecule has 1 saturated carbocycles. The molecular weight excluding hydrogens is 240 g/mol. The maximum absolute atomic E-state index is 11.4. The van der Waals surface area contributed by atoms with Crippen molar-refractivity contribution in [3.05, 3.63) is 5.01 Å². The van der Waals surface area contributed by atoms with Crippen molar-refractivity contribution < 1.29 is 9.53 Å².